The predicted molar refractivity (Wildman–Crippen MR) is 106 cm³/mol. The highest BCUT2D eigenvalue weighted by atomic mass is 32.1. The van der Waals surface area contributed by atoms with Crippen LogP contribution in [0.15, 0.2) is 18.7 Å². The molecule has 1 aliphatic heterocycles. The third-order valence-electron chi connectivity index (χ3n) is 5.91. The molecule has 1 aliphatic carbocycles. The van der Waals surface area contributed by atoms with Crippen molar-refractivity contribution in [3.05, 3.63) is 35.0 Å². The third kappa shape index (κ3) is 2.62. The highest BCUT2D eigenvalue weighted by Crippen LogP contribution is 2.40. The van der Waals surface area contributed by atoms with Crippen molar-refractivity contribution in [2.24, 2.45) is 0 Å². The van der Waals surface area contributed by atoms with Crippen molar-refractivity contribution < 1.29 is 0 Å². The molecule has 0 bridgehead atoms. The van der Waals surface area contributed by atoms with Crippen LogP contribution in [0.4, 0.5) is 5.82 Å². The lowest BCUT2D eigenvalue weighted by atomic mass is 9.95. The molecule has 0 N–H and O–H groups in total. The summed E-state index contributed by atoms with van der Waals surface area (Å²) in [7, 11) is 0. The standard InChI is InChI=1S/C20H25N5S/c1-2-24-11-9-21-18(24)14-6-5-10-25(12-14)19-17-15-7-3-4-8-16(15)26-20(17)23-13-22-19/h9,11,13-14H,2-8,10,12H2,1H3/t14-/m1/s1. The second-order valence-corrected chi connectivity index (χ2v) is 8.53. The van der Waals surface area contributed by atoms with Gasteiger partial charge in [0, 0.05) is 42.8 Å². The quantitative estimate of drug-likeness (QED) is 0.697. The monoisotopic (exact) mass is 367 g/mol. The molecule has 6 heteroatoms. The van der Waals surface area contributed by atoms with E-state index in [-0.39, 0.29) is 0 Å². The number of hydrogen-bond acceptors (Lipinski definition) is 5. The van der Waals surface area contributed by atoms with Crippen LogP contribution >= 0.6 is 11.3 Å². The average molecular weight is 368 g/mol. The van der Waals surface area contributed by atoms with Gasteiger partial charge in [0.05, 0.1) is 5.39 Å². The van der Waals surface area contributed by atoms with Crippen LogP contribution in [0.25, 0.3) is 10.2 Å². The molecule has 1 saturated heterocycles. The first-order chi connectivity index (χ1) is 12.8. The molecule has 0 radical (unpaired) electrons. The highest BCUT2D eigenvalue weighted by molar-refractivity contribution is 7.19. The minimum atomic E-state index is 0.484. The van der Waals surface area contributed by atoms with Crippen LogP contribution in [0.1, 0.15) is 54.8 Å². The van der Waals surface area contributed by atoms with E-state index in [1.54, 1.807) is 11.2 Å². The number of piperidine rings is 1. The number of rotatable bonds is 3. The number of hydrogen-bond donors (Lipinski definition) is 0. The first kappa shape index (κ1) is 16.2. The summed E-state index contributed by atoms with van der Waals surface area (Å²) in [5.41, 5.74) is 1.53. The van der Waals surface area contributed by atoms with Crippen molar-refractivity contribution in [1.29, 1.82) is 0 Å². The predicted octanol–water partition coefficient (Wildman–Crippen LogP) is 4.17. The van der Waals surface area contributed by atoms with E-state index in [2.05, 4.69) is 32.6 Å². The Labute approximate surface area is 158 Å². The van der Waals surface area contributed by atoms with Crippen molar-refractivity contribution in [1.82, 2.24) is 19.5 Å². The number of imidazole rings is 1. The molecule has 5 nitrogen and oxygen atoms in total. The Morgan fingerprint density at radius 2 is 2.08 bits per heavy atom. The zero-order valence-electron chi connectivity index (χ0n) is 15.3. The van der Waals surface area contributed by atoms with Crippen LogP contribution in [-0.4, -0.2) is 32.6 Å². The van der Waals surface area contributed by atoms with E-state index in [1.807, 2.05) is 17.5 Å². The molecule has 1 fully saturated rings. The maximum Gasteiger partial charge on any atom is 0.141 e. The molecule has 2 aliphatic rings. The SMILES string of the molecule is CCn1ccnc1[C@@H]1CCCN(c2ncnc3sc4c(c23)CCCC4)C1. The molecule has 3 aromatic heterocycles. The van der Waals surface area contributed by atoms with E-state index < -0.39 is 0 Å². The van der Waals surface area contributed by atoms with Gasteiger partial charge in [0.1, 0.15) is 22.8 Å². The molecule has 136 valence electrons. The van der Waals surface area contributed by atoms with Crippen molar-refractivity contribution in [3.63, 3.8) is 0 Å². The van der Waals surface area contributed by atoms with Gasteiger partial charge in [-0.3, -0.25) is 0 Å². The Hall–Kier alpha value is -1.95. The topological polar surface area (TPSA) is 46.8 Å². The van der Waals surface area contributed by atoms with Gasteiger partial charge >= 0.3 is 0 Å². The smallest absolute Gasteiger partial charge is 0.141 e. The van der Waals surface area contributed by atoms with E-state index >= 15 is 0 Å². The van der Waals surface area contributed by atoms with Crippen LogP contribution < -0.4 is 4.90 Å². The van der Waals surface area contributed by atoms with Crippen molar-refractivity contribution in [3.8, 4) is 0 Å². The van der Waals surface area contributed by atoms with E-state index in [1.165, 1.54) is 60.1 Å². The Kier molecular flexibility index (Phi) is 4.15. The lowest BCUT2D eigenvalue weighted by Crippen LogP contribution is -2.36. The lowest BCUT2D eigenvalue weighted by Gasteiger charge is -2.34. The third-order valence-corrected chi connectivity index (χ3v) is 7.11. The molecular formula is C20H25N5S. The Balaban J connectivity index is 1.52. The van der Waals surface area contributed by atoms with Gasteiger partial charge in [-0.1, -0.05) is 0 Å². The summed E-state index contributed by atoms with van der Waals surface area (Å²) in [6, 6.07) is 0. The summed E-state index contributed by atoms with van der Waals surface area (Å²) in [5, 5.41) is 1.34. The maximum absolute atomic E-state index is 4.76. The van der Waals surface area contributed by atoms with E-state index in [9.17, 15) is 0 Å². The molecule has 0 unspecified atom stereocenters. The minimum Gasteiger partial charge on any atom is -0.355 e. The van der Waals surface area contributed by atoms with Crippen LogP contribution in [0, 0.1) is 0 Å². The van der Waals surface area contributed by atoms with E-state index in [0.29, 0.717) is 5.92 Å². The summed E-state index contributed by atoms with van der Waals surface area (Å²) in [6.07, 6.45) is 13.2. The average Bonchev–Trinajstić information content (AvgIpc) is 3.32. The first-order valence-corrected chi connectivity index (χ1v) is 10.7. The molecule has 26 heavy (non-hydrogen) atoms. The number of nitrogens with zero attached hydrogens (tertiary/aromatic N) is 5. The molecule has 5 rings (SSSR count). The Bertz CT molecular complexity index is 928. The number of fused-ring (bicyclic) bond motifs is 3. The van der Waals surface area contributed by atoms with Crippen LogP contribution in [0.5, 0.6) is 0 Å². The highest BCUT2D eigenvalue weighted by Gasteiger charge is 2.28. The van der Waals surface area contributed by atoms with E-state index in [4.69, 9.17) is 4.98 Å². The molecule has 0 aromatic carbocycles. The van der Waals surface area contributed by atoms with Crippen LogP contribution in [0.2, 0.25) is 0 Å². The second-order valence-electron chi connectivity index (χ2n) is 7.44. The van der Waals surface area contributed by atoms with Crippen LogP contribution in [-0.2, 0) is 19.4 Å². The molecule has 0 spiro atoms. The van der Waals surface area contributed by atoms with Gasteiger partial charge in [-0.05, 0) is 51.0 Å². The zero-order valence-corrected chi connectivity index (χ0v) is 16.1. The normalized spacial score (nSPS) is 20.5. The van der Waals surface area contributed by atoms with Gasteiger partial charge in [0.25, 0.3) is 0 Å². The second kappa shape index (κ2) is 6.65. The van der Waals surface area contributed by atoms with Gasteiger partial charge in [-0.25, -0.2) is 15.0 Å². The fourth-order valence-corrected chi connectivity index (χ4v) is 5.87. The van der Waals surface area contributed by atoms with Gasteiger partial charge in [0.2, 0.25) is 0 Å². The zero-order chi connectivity index (χ0) is 17.5. The summed E-state index contributed by atoms with van der Waals surface area (Å²) in [5.74, 6) is 2.88. The fraction of sp³-hybridized carbons (Fsp3) is 0.550. The van der Waals surface area contributed by atoms with Gasteiger partial charge in [-0.2, -0.15) is 0 Å². The van der Waals surface area contributed by atoms with Crippen LogP contribution in [0.3, 0.4) is 0 Å². The minimum absolute atomic E-state index is 0.484. The van der Waals surface area contributed by atoms with E-state index in [0.717, 1.165) is 25.5 Å². The molecule has 0 saturated carbocycles. The number of anilines is 1. The van der Waals surface area contributed by atoms with Crippen molar-refractivity contribution >= 4 is 27.4 Å². The maximum atomic E-state index is 4.76. The summed E-state index contributed by atoms with van der Waals surface area (Å²) < 4.78 is 2.29. The largest absolute Gasteiger partial charge is 0.355 e. The van der Waals surface area contributed by atoms with Crippen molar-refractivity contribution in [2.75, 3.05) is 18.0 Å². The Morgan fingerprint density at radius 3 is 3.00 bits per heavy atom. The Morgan fingerprint density at radius 1 is 1.15 bits per heavy atom. The summed E-state index contributed by atoms with van der Waals surface area (Å²) >= 11 is 1.89. The summed E-state index contributed by atoms with van der Waals surface area (Å²) in [6.45, 7) is 5.27. The molecule has 1 atom stereocenters. The number of thiophene rings is 1. The van der Waals surface area contributed by atoms with Gasteiger partial charge < -0.3 is 9.47 Å². The molecule has 3 aromatic rings. The number of aryl methyl sites for hydroxylation is 3. The molecular weight excluding hydrogens is 342 g/mol. The molecule has 0 amide bonds. The molecule has 4 heterocycles. The van der Waals surface area contributed by atoms with Crippen molar-refractivity contribution in [2.45, 2.75) is 57.9 Å². The fourth-order valence-electron chi connectivity index (χ4n) is 4.64. The number of aromatic nitrogens is 4. The van der Waals surface area contributed by atoms with Gasteiger partial charge in [0.15, 0.2) is 0 Å². The summed E-state index contributed by atoms with van der Waals surface area (Å²) in [4.78, 5) is 19.3. The van der Waals surface area contributed by atoms with Gasteiger partial charge in [-0.15, -0.1) is 11.3 Å². The first-order valence-electron chi connectivity index (χ1n) is 9.86. The lowest BCUT2D eigenvalue weighted by molar-refractivity contribution is 0.472.